The second kappa shape index (κ2) is 5.37. The molecule has 1 amide bonds. The van der Waals surface area contributed by atoms with Gasteiger partial charge in [-0.15, -0.1) is 0 Å². The van der Waals surface area contributed by atoms with Crippen molar-refractivity contribution in [2.75, 3.05) is 0 Å². The van der Waals surface area contributed by atoms with E-state index >= 15 is 0 Å². The van der Waals surface area contributed by atoms with Gasteiger partial charge in [-0.1, -0.05) is 26.0 Å². The fraction of sp³-hybridized carbons (Fsp3) is 0.300. The van der Waals surface area contributed by atoms with E-state index < -0.39 is 15.3 Å². The summed E-state index contributed by atoms with van der Waals surface area (Å²) >= 11 is 0. The number of rotatable bonds is 3. The molecule has 0 fully saturated rings. The van der Waals surface area contributed by atoms with Gasteiger partial charge in [-0.25, -0.2) is 9.52 Å². The first-order chi connectivity index (χ1) is 7.78. The van der Waals surface area contributed by atoms with Crippen molar-refractivity contribution in [3.8, 4) is 5.75 Å². The average molecular weight is 278 g/mol. The molecular weight excluding hydrogens is 266 g/mol. The van der Waals surface area contributed by atoms with Crippen LogP contribution in [0.15, 0.2) is 24.3 Å². The molecular formula is C10H12ClNO4S. The first-order valence-electron chi connectivity index (χ1n) is 4.82. The summed E-state index contributed by atoms with van der Waals surface area (Å²) in [6, 6.07) is 6.75. The van der Waals surface area contributed by atoms with Crippen LogP contribution in [0.4, 0.5) is 4.79 Å². The number of amides is 1. The number of hydrogen-bond acceptors (Lipinski definition) is 4. The Morgan fingerprint density at radius 3 is 2.24 bits per heavy atom. The van der Waals surface area contributed by atoms with Crippen LogP contribution in [0.1, 0.15) is 25.3 Å². The fourth-order valence-electron chi connectivity index (χ4n) is 1.15. The Hall–Kier alpha value is -1.27. The van der Waals surface area contributed by atoms with Crippen molar-refractivity contribution >= 4 is 26.0 Å². The van der Waals surface area contributed by atoms with Crippen LogP contribution in [0.2, 0.25) is 0 Å². The van der Waals surface area contributed by atoms with E-state index in [2.05, 4.69) is 0 Å². The van der Waals surface area contributed by atoms with Gasteiger partial charge < -0.3 is 4.74 Å². The molecule has 7 heteroatoms. The molecule has 0 unspecified atom stereocenters. The maximum Gasteiger partial charge on any atom is 0.427 e. The Morgan fingerprint density at radius 1 is 1.29 bits per heavy atom. The van der Waals surface area contributed by atoms with Crippen molar-refractivity contribution in [2.24, 2.45) is 0 Å². The predicted octanol–water partition coefficient (Wildman–Crippen LogP) is 2.38. The van der Waals surface area contributed by atoms with Gasteiger partial charge >= 0.3 is 15.3 Å². The lowest BCUT2D eigenvalue weighted by atomic mass is 10.0. The van der Waals surface area contributed by atoms with E-state index in [1.54, 1.807) is 24.3 Å². The number of ether oxygens (including phenoxy) is 1. The van der Waals surface area contributed by atoms with Crippen LogP contribution < -0.4 is 9.46 Å². The molecule has 0 aliphatic rings. The van der Waals surface area contributed by atoms with Crippen molar-refractivity contribution in [1.29, 1.82) is 0 Å². The molecule has 1 rings (SSSR count). The van der Waals surface area contributed by atoms with E-state index in [9.17, 15) is 13.2 Å². The monoisotopic (exact) mass is 277 g/mol. The molecule has 0 atom stereocenters. The van der Waals surface area contributed by atoms with Gasteiger partial charge in [0.2, 0.25) is 0 Å². The zero-order valence-electron chi connectivity index (χ0n) is 9.31. The van der Waals surface area contributed by atoms with Gasteiger partial charge in [0.15, 0.2) is 0 Å². The maximum absolute atomic E-state index is 11.0. The van der Waals surface area contributed by atoms with Crippen LogP contribution in [0.5, 0.6) is 5.75 Å². The molecule has 0 heterocycles. The van der Waals surface area contributed by atoms with Crippen LogP contribution in [-0.2, 0) is 9.24 Å². The van der Waals surface area contributed by atoms with Gasteiger partial charge in [0, 0.05) is 10.7 Å². The van der Waals surface area contributed by atoms with Crippen molar-refractivity contribution < 1.29 is 17.9 Å². The second-order valence-electron chi connectivity index (χ2n) is 3.65. The van der Waals surface area contributed by atoms with Gasteiger partial charge in [-0.05, 0) is 23.6 Å². The molecule has 17 heavy (non-hydrogen) atoms. The maximum atomic E-state index is 11.0. The van der Waals surface area contributed by atoms with Crippen LogP contribution in [-0.4, -0.2) is 14.5 Å². The van der Waals surface area contributed by atoms with E-state index in [0.717, 1.165) is 5.56 Å². The summed E-state index contributed by atoms with van der Waals surface area (Å²) in [7, 11) is 0.704. The highest BCUT2D eigenvalue weighted by Gasteiger charge is 2.12. The third-order valence-electron chi connectivity index (χ3n) is 1.96. The number of hydrogen-bond donors (Lipinski definition) is 1. The molecule has 1 aromatic carbocycles. The summed E-state index contributed by atoms with van der Waals surface area (Å²) in [6.07, 6.45) is -1.14. The third-order valence-corrected chi connectivity index (χ3v) is 2.60. The minimum absolute atomic E-state index is 0.243. The molecule has 0 aromatic heterocycles. The van der Waals surface area contributed by atoms with Crippen LogP contribution in [0, 0.1) is 0 Å². The summed E-state index contributed by atoms with van der Waals surface area (Å²) in [5.41, 5.74) is 1.09. The Bertz CT molecular complexity index is 496. The van der Waals surface area contributed by atoms with Gasteiger partial charge in [0.25, 0.3) is 0 Å². The van der Waals surface area contributed by atoms with Gasteiger partial charge in [-0.2, -0.15) is 8.42 Å². The average Bonchev–Trinajstić information content (AvgIpc) is 2.15. The van der Waals surface area contributed by atoms with Crippen LogP contribution >= 0.6 is 10.7 Å². The summed E-state index contributed by atoms with van der Waals surface area (Å²) in [4.78, 5) is 11.0. The zero-order chi connectivity index (χ0) is 13.1. The van der Waals surface area contributed by atoms with Crippen molar-refractivity contribution in [3.63, 3.8) is 0 Å². The van der Waals surface area contributed by atoms with Crippen LogP contribution in [0.25, 0.3) is 0 Å². The fourth-order valence-corrected chi connectivity index (χ4v) is 1.58. The molecule has 0 bridgehead atoms. The van der Waals surface area contributed by atoms with Gasteiger partial charge in [0.1, 0.15) is 5.75 Å². The van der Waals surface area contributed by atoms with Crippen molar-refractivity contribution in [2.45, 2.75) is 19.8 Å². The largest absolute Gasteiger partial charge is 0.427 e. The summed E-state index contributed by atoms with van der Waals surface area (Å²) in [5, 5.41) is 0. The molecule has 0 saturated heterocycles. The van der Waals surface area contributed by atoms with Crippen LogP contribution in [0.3, 0.4) is 0 Å². The Morgan fingerprint density at radius 2 is 1.82 bits per heavy atom. The van der Waals surface area contributed by atoms with E-state index in [1.807, 2.05) is 13.8 Å². The minimum Gasteiger partial charge on any atom is -0.410 e. The Labute approximate surface area is 104 Å². The van der Waals surface area contributed by atoms with Gasteiger partial charge in [-0.3, -0.25) is 0 Å². The minimum atomic E-state index is -4.12. The van der Waals surface area contributed by atoms with Gasteiger partial charge in [0.05, 0.1) is 0 Å². The Balaban J connectivity index is 2.67. The lowest BCUT2D eigenvalue weighted by molar-refractivity contribution is 0.207. The smallest absolute Gasteiger partial charge is 0.410 e. The molecule has 0 aliphatic carbocycles. The highest BCUT2D eigenvalue weighted by atomic mass is 35.7. The molecule has 5 nitrogen and oxygen atoms in total. The highest BCUT2D eigenvalue weighted by Crippen LogP contribution is 2.18. The van der Waals surface area contributed by atoms with E-state index in [-0.39, 0.29) is 5.75 Å². The third kappa shape index (κ3) is 5.06. The molecule has 0 aliphatic heterocycles. The standard InChI is InChI=1S/C10H12ClNO4S/c1-7(2)8-3-5-9(6-4-8)16-10(13)12-17(11,14)15/h3-7H,1-2H3,(H,12,13). The molecule has 0 spiro atoms. The van der Waals surface area contributed by atoms with Crippen molar-refractivity contribution in [1.82, 2.24) is 4.72 Å². The van der Waals surface area contributed by atoms with Crippen molar-refractivity contribution in [3.05, 3.63) is 29.8 Å². The number of carbonyl (C=O) groups excluding carboxylic acids is 1. The quantitative estimate of drug-likeness (QED) is 0.861. The zero-order valence-corrected chi connectivity index (χ0v) is 10.9. The molecule has 0 radical (unpaired) electrons. The lowest BCUT2D eigenvalue weighted by Crippen LogP contribution is -2.29. The molecule has 94 valence electrons. The van der Waals surface area contributed by atoms with E-state index in [4.69, 9.17) is 15.4 Å². The lowest BCUT2D eigenvalue weighted by Gasteiger charge is -2.07. The number of benzene rings is 1. The molecule has 0 saturated carbocycles. The first kappa shape index (κ1) is 13.8. The number of nitrogens with one attached hydrogen (secondary N) is 1. The second-order valence-corrected chi connectivity index (χ2v) is 5.95. The predicted molar refractivity (Wildman–Crippen MR) is 64.5 cm³/mol. The number of halogens is 1. The summed E-state index contributed by atoms with van der Waals surface area (Å²) in [6.45, 7) is 4.06. The number of carbonyl (C=O) groups is 1. The summed E-state index contributed by atoms with van der Waals surface area (Å²) < 4.78 is 27.3. The molecule has 1 N–H and O–H groups in total. The van der Waals surface area contributed by atoms with E-state index in [0.29, 0.717) is 5.92 Å². The summed E-state index contributed by atoms with van der Waals surface area (Å²) in [5.74, 6) is 0.605. The Kier molecular flexibility index (Phi) is 4.36. The first-order valence-corrected chi connectivity index (χ1v) is 7.13. The topological polar surface area (TPSA) is 72.5 Å². The van der Waals surface area contributed by atoms with E-state index in [1.165, 1.54) is 4.72 Å². The normalized spacial score (nSPS) is 11.3. The molecule has 1 aromatic rings. The highest BCUT2D eigenvalue weighted by molar-refractivity contribution is 8.12. The SMILES string of the molecule is CC(C)c1ccc(OC(=O)NS(=O)(=O)Cl)cc1.